The van der Waals surface area contributed by atoms with Crippen LogP contribution in [0.2, 0.25) is 0 Å². The summed E-state index contributed by atoms with van der Waals surface area (Å²) >= 11 is 0. The number of hydrogen-bond donors (Lipinski definition) is 0. The van der Waals surface area contributed by atoms with Crippen LogP contribution in [0.4, 0.5) is 13.2 Å². The second-order valence-corrected chi connectivity index (χ2v) is 4.07. The summed E-state index contributed by atoms with van der Waals surface area (Å²) in [6, 6.07) is 12.3. The molecule has 0 bridgehead atoms. The number of aromatic nitrogens is 1. The lowest BCUT2D eigenvalue weighted by Crippen LogP contribution is -2.03. The van der Waals surface area contributed by atoms with E-state index in [1.165, 1.54) is 6.07 Å². The van der Waals surface area contributed by atoms with Gasteiger partial charge >= 0.3 is 6.18 Å². The number of nitrogens with zero attached hydrogens (tertiary/aromatic N) is 1. The molecule has 0 spiro atoms. The van der Waals surface area contributed by atoms with Crippen LogP contribution in [-0.2, 0) is 6.18 Å². The fourth-order valence-corrected chi connectivity index (χ4v) is 1.81. The highest BCUT2D eigenvalue weighted by Crippen LogP contribution is 2.32. The van der Waals surface area contributed by atoms with Gasteiger partial charge < -0.3 is 4.42 Å². The number of rotatable bonds is 1. The first-order valence-electron chi connectivity index (χ1n) is 5.57. The van der Waals surface area contributed by atoms with E-state index in [9.17, 15) is 13.2 Å². The number of oxazole rings is 1. The van der Waals surface area contributed by atoms with Crippen molar-refractivity contribution in [1.29, 1.82) is 0 Å². The van der Waals surface area contributed by atoms with Gasteiger partial charge in [-0.15, -0.1) is 0 Å². The zero-order valence-corrected chi connectivity index (χ0v) is 9.61. The average molecular weight is 263 g/mol. The molecule has 2 nitrogen and oxygen atoms in total. The van der Waals surface area contributed by atoms with Gasteiger partial charge in [0.15, 0.2) is 5.58 Å². The van der Waals surface area contributed by atoms with E-state index in [1.807, 2.05) is 18.2 Å². The van der Waals surface area contributed by atoms with Gasteiger partial charge in [-0.2, -0.15) is 13.2 Å². The van der Waals surface area contributed by atoms with E-state index >= 15 is 0 Å². The van der Waals surface area contributed by atoms with Crippen LogP contribution in [0.15, 0.2) is 52.9 Å². The van der Waals surface area contributed by atoms with E-state index < -0.39 is 11.7 Å². The minimum Gasteiger partial charge on any atom is -0.436 e. The zero-order chi connectivity index (χ0) is 13.5. The first-order chi connectivity index (χ1) is 9.04. The summed E-state index contributed by atoms with van der Waals surface area (Å²) in [5, 5.41) is 0. The van der Waals surface area contributed by atoms with Crippen molar-refractivity contribution in [2.45, 2.75) is 6.18 Å². The third-order valence-electron chi connectivity index (χ3n) is 2.74. The molecular weight excluding hydrogens is 255 g/mol. The van der Waals surface area contributed by atoms with Crippen LogP contribution in [0.25, 0.3) is 22.6 Å². The van der Waals surface area contributed by atoms with E-state index in [2.05, 4.69) is 4.98 Å². The maximum Gasteiger partial charge on any atom is 0.416 e. The maximum absolute atomic E-state index is 12.6. The molecule has 0 N–H and O–H groups in total. The Morgan fingerprint density at radius 3 is 2.37 bits per heavy atom. The lowest BCUT2D eigenvalue weighted by molar-refractivity contribution is -0.137. The molecule has 0 unspecified atom stereocenters. The summed E-state index contributed by atoms with van der Waals surface area (Å²) in [6.45, 7) is 0. The van der Waals surface area contributed by atoms with Crippen molar-refractivity contribution in [2.75, 3.05) is 0 Å². The summed E-state index contributed by atoms with van der Waals surface area (Å²) in [5.41, 5.74) is 0.542. The van der Waals surface area contributed by atoms with Gasteiger partial charge in [0.05, 0.1) is 5.56 Å². The Balaban J connectivity index is 2.12. The molecule has 0 aliphatic rings. The highest BCUT2D eigenvalue weighted by molar-refractivity contribution is 5.77. The fraction of sp³-hybridized carbons (Fsp3) is 0.0714. The molecule has 0 saturated carbocycles. The smallest absolute Gasteiger partial charge is 0.416 e. The predicted molar refractivity (Wildman–Crippen MR) is 64.4 cm³/mol. The SMILES string of the molecule is FC(F)(F)c1ccc2oc(-c3ccccc3)nc2c1. The molecule has 0 saturated heterocycles. The van der Waals surface area contributed by atoms with Gasteiger partial charge in [-0.05, 0) is 30.3 Å². The van der Waals surface area contributed by atoms with Gasteiger partial charge in [0.1, 0.15) is 5.52 Å². The van der Waals surface area contributed by atoms with Gasteiger partial charge in [-0.1, -0.05) is 18.2 Å². The van der Waals surface area contributed by atoms with E-state index in [0.29, 0.717) is 11.5 Å². The fourth-order valence-electron chi connectivity index (χ4n) is 1.81. The van der Waals surface area contributed by atoms with E-state index in [4.69, 9.17) is 4.42 Å². The molecule has 2 aromatic carbocycles. The summed E-state index contributed by atoms with van der Waals surface area (Å²) in [6.07, 6.45) is -4.37. The van der Waals surface area contributed by atoms with Crippen LogP contribution in [0.1, 0.15) is 5.56 Å². The molecule has 0 atom stereocenters. The van der Waals surface area contributed by atoms with Crippen molar-refractivity contribution in [3.05, 3.63) is 54.1 Å². The molecule has 0 aliphatic heterocycles. The Labute approximate surface area is 106 Å². The Bertz CT molecular complexity index is 716. The van der Waals surface area contributed by atoms with Gasteiger partial charge in [-0.25, -0.2) is 4.98 Å². The van der Waals surface area contributed by atoms with Crippen LogP contribution in [0.3, 0.4) is 0 Å². The molecule has 1 heterocycles. The molecule has 1 aromatic heterocycles. The minimum atomic E-state index is -4.37. The summed E-state index contributed by atoms with van der Waals surface area (Å²) in [4.78, 5) is 4.09. The van der Waals surface area contributed by atoms with E-state index in [0.717, 1.165) is 17.7 Å². The average Bonchev–Trinajstić information content (AvgIpc) is 2.81. The van der Waals surface area contributed by atoms with Crippen LogP contribution >= 0.6 is 0 Å². The van der Waals surface area contributed by atoms with Crippen LogP contribution in [-0.4, -0.2) is 4.98 Å². The predicted octanol–water partition coefficient (Wildman–Crippen LogP) is 4.51. The Morgan fingerprint density at radius 2 is 1.68 bits per heavy atom. The molecule has 0 amide bonds. The summed E-state index contributed by atoms with van der Waals surface area (Å²) in [7, 11) is 0. The standard InChI is InChI=1S/C14H8F3NO/c15-14(16,17)10-6-7-12-11(8-10)18-13(19-12)9-4-2-1-3-5-9/h1-8H. The van der Waals surface area contributed by atoms with Crippen molar-refractivity contribution in [3.63, 3.8) is 0 Å². The van der Waals surface area contributed by atoms with Gasteiger partial charge in [0.2, 0.25) is 5.89 Å². The van der Waals surface area contributed by atoms with Crippen molar-refractivity contribution in [3.8, 4) is 11.5 Å². The summed E-state index contributed by atoms with van der Waals surface area (Å²) < 4.78 is 43.2. The molecule has 0 aliphatic carbocycles. The Morgan fingerprint density at radius 1 is 0.947 bits per heavy atom. The Kier molecular flexibility index (Phi) is 2.55. The number of alkyl halides is 3. The highest BCUT2D eigenvalue weighted by Gasteiger charge is 2.31. The van der Waals surface area contributed by atoms with Crippen LogP contribution in [0, 0.1) is 0 Å². The first kappa shape index (κ1) is 11.8. The van der Waals surface area contributed by atoms with Crippen molar-refractivity contribution in [2.24, 2.45) is 0 Å². The maximum atomic E-state index is 12.6. The third-order valence-corrected chi connectivity index (χ3v) is 2.74. The number of hydrogen-bond acceptors (Lipinski definition) is 2. The largest absolute Gasteiger partial charge is 0.436 e. The van der Waals surface area contributed by atoms with Crippen LogP contribution < -0.4 is 0 Å². The van der Waals surface area contributed by atoms with Crippen molar-refractivity contribution >= 4 is 11.1 Å². The van der Waals surface area contributed by atoms with Gasteiger partial charge in [0, 0.05) is 5.56 Å². The first-order valence-corrected chi connectivity index (χ1v) is 5.57. The minimum absolute atomic E-state index is 0.202. The van der Waals surface area contributed by atoms with Gasteiger partial charge in [-0.3, -0.25) is 0 Å². The number of benzene rings is 2. The van der Waals surface area contributed by atoms with E-state index in [-0.39, 0.29) is 5.52 Å². The molecule has 0 fully saturated rings. The Hall–Kier alpha value is -2.30. The topological polar surface area (TPSA) is 26.0 Å². The van der Waals surface area contributed by atoms with Crippen molar-refractivity contribution < 1.29 is 17.6 Å². The molecule has 3 aromatic rings. The normalized spacial score (nSPS) is 11.9. The number of fused-ring (bicyclic) bond motifs is 1. The second-order valence-electron chi connectivity index (χ2n) is 4.07. The molecule has 0 radical (unpaired) electrons. The second kappa shape index (κ2) is 4.12. The van der Waals surface area contributed by atoms with Gasteiger partial charge in [0.25, 0.3) is 0 Å². The third kappa shape index (κ3) is 2.19. The lowest BCUT2D eigenvalue weighted by Gasteiger charge is -2.04. The molecule has 96 valence electrons. The molecule has 3 rings (SSSR count). The highest BCUT2D eigenvalue weighted by atomic mass is 19.4. The lowest BCUT2D eigenvalue weighted by atomic mass is 10.2. The quantitative estimate of drug-likeness (QED) is 0.645. The van der Waals surface area contributed by atoms with Crippen molar-refractivity contribution in [1.82, 2.24) is 4.98 Å². The number of halogens is 3. The monoisotopic (exact) mass is 263 g/mol. The zero-order valence-electron chi connectivity index (χ0n) is 9.61. The van der Waals surface area contributed by atoms with Crippen LogP contribution in [0.5, 0.6) is 0 Å². The molecule has 19 heavy (non-hydrogen) atoms. The van der Waals surface area contributed by atoms with E-state index in [1.54, 1.807) is 12.1 Å². The molecule has 5 heteroatoms. The summed E-state index contributed by atoms with van der Waals surface area (Å²) in [5.74, 6) is 0.315. The molecular formula is C14H8F3NO.